The molecule has 0 aromatic rings. The lowest BCUT2D eigenvalue weighted by Crippen LogP contribution is -2.33. The summed E-state index contributed by atoms with van der Waals surface area (Å²) in [4.78, 5) is 0. The van der Waals surface area contributed by atoms with E-state index in [-0.39, 0.29) is 0 Å². The van der Waals surface area contributed by atoms with Gasteiger partial charge in [0, 0.05) is 19.2 Å². The van der Waals surface area contributed by atoms with Crippen LogP contribution < -0.4 is 5.32 Å². The van der Waals surface area contributed by atoms with Gasteiger partial charge in [-0.2, -0.15) is 0 Å². The Kier molecular flexibility index (Phi) is 9.59. The van der Waals surface area contributed by atoms with E-state index >= 15 is 0 Å². The molecule has 0 heterocycles. The van der Waals surface area contributed by atoms with Gasteiger partial charge < -0.3 is 10.4 Å². The van der Waals surface area contributed by atoms with Crippen molar-refractivity contribution < 1.29 is 5.11 Å². The van der Waals surface area contributed by atoms with Crippen LogP contribution in [0.4, 0.5) is 0 Å². The van der Waals surface area contributed by atoms with Crippen molar-refractivity contribution in [2.45, 2.75) is 83.6 Å². The van der Waals surface area contributed by atoms with Gasteiger partial charge in [0.1, 0.15) is 0 Å². The molecule has 1 rings (SSSR count). The lowest BCUT2D eigenvalue weighted by molar-refractivity contribution is 0.227. The molecule has 1 fully saturated rings. The summed E-state index contributed by atoms with van der Waals surface area (Å²) in [6.07, 6.45) is 15.4. The van der Waals surface area contributed by atoms with Crippen LogP contribution in [0.1, 0.15) is 77.6 Å². The summed E-state index contributed by atoms with van der Waals surface area (Å²) in [5.74, 6) is 0.395. The quantitative estimate of drug-likeness (QED) is 0.799. The Morgan fingerprint density at radius 1 is 0.889 bits per heavy atom. The second-order valence-corrected chi connectivity index (χ2v) is 6.15. The summed E-state index contributed by atoms with van der Waals surface area (Å²) in [6, 6.07) is 0.693. The second kappa shape index (κ2) is 10.8. The molecule has 18 heavy (non-hydrogen) atoms. The molecule has 1 atom stereocenters. The highest BCUT2D eigenvalue weighted by molar-refractivity contribution is 4.69. The van der Waals surface area contributed by atoms with Crippen molar-refractivity contribution in [1.29, 1.82) is 0 Å². The van der Waals surface area contributed by atoms with Crippen molar-refractivity contribution in [3.8, 4) is 0 Å². The molecule has 108 valence electrons. The zero-order chi connectivity index (χ0) is 13.1. The molecule has 2 N–H and O–H groups in total. The summed E-state index contributed by atoms with van der Waals surface area (Å²) < 4.78 is 0. The maximum absolute atomic E-state index is 9.08. The summed E-state index contributed by atoms with van der Waals surface area (Å²) >= 11 is 0. The average molecular weight is 255 g/mol. The Morgan fingerprint density at radius 2 is 1.33 bits per heavy atom. The van der Waals surface area contributed by atoms with Crippen LogP contribution in [0.2, 0.25) is 0 Å². The standard InChI is InChI=1S/C16H33NO/c1-15(14-18)13-17-16-11-9-7-5-3-2-4-6-8-10-12-16/h15-18H,2-14H2,1H3. The van der Waals surface area contributed by atoms with E-state index in [1.54, 1.807) is 0 Å². The molecule has 0 radical (unpaired) electrons. The van der Waals surface area contributed by atoms with Gasteiger partial charge >= 0.3 is 0 Å². The SMILES string of the molecule is CC(CO)CNC1CCCCCCCCCCC1. The van der Waals surface area contributed by atoms with Gasteiger partial charge in [-0.25, -0.2) is 0 Å². The van der Waals surface area contributed by atoms with Crippen LogP contribution in [0.15, 0.2) is 0 Å². The molecular weight excluding hydrogens is 222 g/mol. The van der Waals surface area contributed by atoms with E-state index in [9.17, 15) is 0 Å². The molecule has 0 amide bonds. The molecule has 1 saturated carbocycles. The van der Waals surface area contributed by atoms with E-state index in [1.165, 1.54) is 70.6 Å². The lowest BCUT2D eigenvalue weighted by atomic mass is 9.97. The van der Waals surface area contributed by atoms with E-state index in [2.05, 4.69) is 12.2 Å². The van der Waals surface area contributed by atoms with Crippen molar-refractivity contribution in [3.05, 3.63) is 0 Å². The number of nitrogens with one attached hydrogen (secondary N) is 1. The van der Waals surface area contributed by atoms with Crippen LogP contribution in [-0.2, 0) is 0 Å². The Hall–Kier alpha value is -0.0800. The Balaban J connectivity index is 2.23. The minimum absolute atomic E-state index is 0.305. The molecule has 0 bridgehead atoms. The molecule has 1 aliphatic rings. The Bertz CT molecular complexity index is 172. The first-order chi connectivity index (χ1) is 8.83. The molecule has 0 aliphatic heterocycles. The average Bonchev–Trinajstić information content (AvgIpc) is 2.37. The maximum atomic E-state index is 9.08. The van der Waals surface area contributed by atoms with E-state index in [1.807, 2.05) is 0 Å². The van der Waals surface area contributed by atoms with Crippen molar-refractivity contribution in [1.82, 2.24) is 5.32 Å². The van der Waals surface area contributed by atoms with Crippen molar-refractivity contribution >= 4 is 0 Å². The number of rotatable bonds is 4. The molecular formula is C16H33NO. The molecule has 0 saturated heterocycles. The summed E-state index contributed by atoms with van der Waals surface area (Å²) in [6.45, 7) is 3.39. The third-order valence-electron chi connectivity index (χ3n) is 4.17. The molecule has 1 unspecified atom stereocenters. The molecule has 1 aliphatic carbocycles. The van der Waals surface area contributed by atoms with E-state index in [4.69, 9.17) is 5.11 Å². The highest BCUT2D eigenvalue weighted by atomic mass is 16.3. The van der Waals surface area contributed by atoms with E-state index in [0.717, 1.165) is 6.54 Å². The number of hydrogen-bond donors (Lipinski definition) is 2. The van der Waals surface area contributed by atoms with E-state index in [0.29, 0.717) is 18.6 Å². The highest BCUT2D eigenvalue weighted by Crippen LogP contribution is 2.17. The maximum Gasteiger partial charge on any atom is 0.0468 e. The fourth-order valence-electron chi connectivity index (χ4n) is 2.80. The number of aliphatic hydroxyl groups is 1. The molecule has 0 spiro atoms. The second-order valence-electron chi connectivity index (χ2n) is 6.15. The normalized spacial score (nSPS) is 23.0. The molecule has 0 aromatic carbocycles. The van der Waals surface area contributed by atoms with Gasteiger partial charge in [-0.05, 0) is 18.8 Å². The monoisotopic (exact) mass is 255 g/mol. The fraction of sp³-hybridized carbons (Fsp3) is 1.00. The Morgan fingerprint density at radius 3 is 1.78 bits per heavy atom. The first kappa shape index (κ1) is 16.0. The van der Waals surface area contributed by atoms with E-state index < -0.39 is 0 Å². The minimum atomic E-state index is 0.305. The largest absolute Gasteiger partial charge is 0.396 e. The zero-order valence-electron chi connectivity index (χ0n) is 12.3. The summed E-state index contributed by atoms with van der Waals surface area (Å²) in [5.41, 5.74) is 0. The predicted molar refractivity (Wildman–Crippen MR) is 78.8 cm³/mol. The van der Waals surface area contributed by atoms with Crippen LogP contribution in [0, 0.1) is 5.92 Å². The van der Waals surface area contributed by atoms with Crippen LogP contribution in [0.3, 0.4) is 0 Å². The summed E-state index contributed by atoms with van der Waals surface area (Å²) in [7, 11) is 0. The summed E-state index contributed by atoms with van der Waals surface area (Å²) in [5, 5.41) is 12.7. The lowest BCUT2D eigenvalue weighted by Gasteiger charge is -2.21. The molecule has 2 nitrogen and oxygen atoms in total. The molecule has 0 aromatic heterocycles. The van der Waals surface area contributed by atoms with Gasteiger partial charge in [0.05, 0.1) is 0 Å². The van der Waals surface area contributed by atoms with Gasteiger partial charge in [-0.3, -0.25) is 0 Å². The van der Waals surface area contributed by atoms with Crippen LogP contribution in [0.5, 0.6) is 0 Å². The van der Waals surface area contributed by atoms with Crippen molar-refractivity contribution in [2.24, 2.45) is 5.92 Å². The third kappa shape index (κ3) is 8.10. The van der Waals surface area contributed by atoms with Gasteiger partial charge in [-0.1, -0.05) is 64.7 Å². The van der Waals surface area contributed by atoms with Gasteiger partial charge in [0.25, 0.3) is 0 Å². The highest BCUT2D eigenvalue weighted by Gasteiger charge is 2.10. The Labute approximate surface area is 114 Å². The topological polar surface area (TPSA) is 32.3 Å². The molecule has 2 heteroatoms. The van der Waals surface area contributed by atoms with Crippen LogP contribution >= 0.6 is 0 Å². The fourth-order valence-corrected chi connectivity index (χ4v) is 2.80. The first-order valence-electron chi connectivity index (χ1n) is 8.17. The zero-order valence-corrected chi connectivity index (χ0v) is 12.3. The van der Waals surface area contributed by atoms with Crippen molar-refractivity contribution in [3.63, 3.8) is 0 Å². The third-order valence-corrected chi connectivity index (χ3v) is 4.17. The van der Waals surface area contributed by atoms with Crippen LogP contribution in [-0.4, -0.2) is 24.3 Å². The minimum Gasteiger partial charge on any atom is -0.396 e. The van der Waals surface area contributed by atoms with Crippen molar-refractivity contribution in [2.75, 3.05) is 13.2 Å². The number of hydrogen-bond acceptors (Lipinski definition) is 2. The van der Waals surface area contributed by atoms with Gasteiger partial charge in [-0.15, -0.1) is 0 Å². The van der Waals surface area contributed by atoms with Gasteiger partial charge in [0.2, 0.25) is 0 Å². The first-order valence-corrected chi connectivity index (χ1v) is 8.17. The predicted octanol–water partition coefficient (Wildman–Crippen LogP) is 3.88. The smallest absolute Gasteiger partial charge is 0.0468 e. The van der Waals surface area contributed by atoms with Gasteiger partial charge in [0.15, 0.2) is 0 Å². The van der Waals surface area contributed by atoms with Crippen LogP contribution in [0.25, 0.3) is 0 Å². The number of aliphatic hydroxyl groups excluding tert-OH is 1.